The number of rotatable bonds is 4. The lowest BCUT2D eigenvalue weighted by molar-refractivity contribution is 0.122. The summed E-state index contributed by atoms with van der Waals surface area (Å²) < 4.78 is 11.2. The Morgan fingerprint density at radius 1 is 1.19 bits per heavy atom. The van der Waals surface area contributed by atoms with E-state index in [0.717, 1.165) is 30.2 Å². The van der Waals surface area contributed by atoms with Crippen molar-refractivity contribution in [3.8, 4) is 5.75 Å². The molecule has 0 radical (unpaired) electrons. The first-order valence-electron chi connectivity index (χ1n) is 6.95. The highest BCUT2D eigenvalue weighted by molar-refractivity contribution is 5.49. The van der Waals surface area contributed by atoms with Gasteiger partial charge in [-0.15, -0.1) is 0 Å². The lowest BCUT2D eigenvalue weighted by Crippen LogP contribution is -2.37. The van der Waals surface area contributed by atoms with Crippen LogP contribution in [0.15, 0.2) is 36.5 Å². The summed E-state index contributed by atoms with van der Waals surface area (Å²) in [7, 11) is 0. The molecule has 1 saturated heterocycles. The molecule has 2 N–H and O–H groups in total. The van der Waals surface area contributed by atoms with Gasteiger partial charge in [-0.3, -0.25) is 0 Å². The molecule has 0 saturated carbocycles. The van der Waals surface area contributed by atoms with E-state index >= 15 is 0 Å². The van der Waals surface area contributed by atoms with Crippen molar-refractivity contribution in [3.05, 3.63) is 42.1 Å². The summed E-state index contributed by atoms with van der Waals surface area (Å²) in [5.41, 5.74) is 6.65. The van der Waals surface area contributed by atoms with Crippen LogP contribution in [-0.2, 0) is 11.3 Å². The number of aromatic nitrogens is 2. The average molecular weight is 286 g/mol. The van der Waals surface area contributed by atoms with E-state index in [0.29, 0.717) is 19.8 Å². The zero-order valence-electron chi connectivity index (χ0n) is 11.7. The second-order valence-electron chi connectivity index (χ2n) is 4.78. The predicted molar refractivity (Wildman–Crippen MR) is 80.3 cm³/mol. The molecule has 1 fully saturated rings. The van der Waals surface area contributed by atoms with E-state index in [1.54, 1.807) is 6.20 Å². The molecule has 0 aliphatic carbocycles. The Hall–Kier alpha value is -2.34. The third-order valence-electron chi connectivity index (χ3n) is 3.31. The number of hydrogen-bond acceptors (Lipinski definition) is 6. The van der Waals surface area contributed by atoms with Crippen LogP contribution >= 0.6 is 0 Å². The maximum atomic E-state index is 5.78. The molecule has 21 heavy (non-hydrogen) atoms. The maximum Gasteiger partial charge on any atom is 0.221 e. The zero-order valence-corrected chi connectivity index (χ0v) is 11.7. The lowest BCUT2D eigenvalue weighted by atomic mass is 10.2. The number of nitrogens with two attached hydrogens (primary N) is 1. The molecule has 0 bridgehead atoms. The second kappa shape index (κ2) is 6.41. The Morgan fingerprint density at radius 3 is 2.71 bits per heavy atom. The molecule has 0 atom stereocenters. The molecule has 1 aliphatic rings. The Morgan fingerprint density at radius 2 is 1.95 bits per heavy atom. The number of para-hydroxylation sites is 1. The molecule has 1 aromatic carbocycles. The number of nitrogens with zero attached hydrogens (tertiary/aromatic N) is 3. The van der Waals surface area contributed by atoms with Gasteiger partial charge in [0.2, 0.25) is 5.95 Å². The Balaban J connectivity index is 1.77. The number of anilines is 2. The van der Waals surface area contributed by atoms with Crippen molar-refractivity contribution in [2.75, 3.05) is 36.9 Å². The normalized spacial score (nSPS) is 15.0. The third kappa shape index (κ3) is 3.41. The van der Waals surface area contributed by atoms with Crippen LogP contribution in [0.5, 0.6) is 5.75 Å². The summed E-state index contributed by atoms with van der Waals surface area (Å²) in [6.45, 7) is 3.41. The molecule has 0 spiro atoms. The van der Waals surface area contributed by atoms with Gasteiger partial charge in [-0.2, -0.15) is 4.98 Å². The first-order valence-corrected chi connectivity index (χ1v) is 6.95. The average Bonchev–Trinajstić information content (AvgIpc) is 2.55. The van der Waals surface area contributed by atoms with E-state index in [-0.39, 0.29) is 5.95 Å². The number of morpholine rings is 1. The van der Waals surface area contributed by atoms with Gasteiger partial charge in [0, 0.05) is 19.3 Å². The minimum Gasteiger partial charge on any atom is -0.489 e. The first kappa shape index (κ1) is 13.6. The van der Waals surface area contributed by atoms with Crippen LogP contribution in [0.25, 0.3) is 0 Å². The highest BCUT2D eigenvalue weighted by Gasteiger charge is 2.17. The van der Waals surface area contributed by atoms with Crippen molar-refractivity contribution in [1.82, 2.24) is 9.97 Å². The molecule has 2 aromatic rings. The van der Waals surface area contributed by atoms with Gasteiger partial charge in [-0.1, -0.05) is 18.2 Å². The molecule has 3 rings (SSSR count). The number of nitrogen functional groups attached to an aromatic ring is 1. The SMILES string of the molecule is Nc1ncc(COc2ccccc2)c(N2CCOCC2)n1. The van der Waals surface area contributed by atoms with Gasteiger partial charge in [0.1, 0.15) is 18.2 Å². The fraction of sp³-hybridized carbons (Fsp3) is 0.333. The van der Waals surface area contributed by atoms with Crippen LogP contribution in [0.2, 0.25) is 0 Å². The van der Waals surface area contributed by atoms with Crippen molar-refractivity contribution in [1.29, 1.82) is 0 Å². The molecule has 1 aliphatic heterocycles. The van der Waals surface area contributed by atoms with E-state index in [2.05, 4.69) is 14.9 Å². The number of ether oxygens (including phenoxy) is 2. The highest BCUT2D eigenvalue weighted by atomic mass is 16.5. The molecule has 0 amide bonds. The molecule has 1 aromatic heterocycles. The van der Waals surface area contributed by atoms with Crippen molar-refractivity contribution in [2.45, 2.75) is 6.61 Å². The van der Waals surface area contributed by atoms with E-state index in [1.165, 1.54) is 0 Å². The van der Waals surface area contributed by atoms with Gasteiger partial charge in [-0.05, 0) is 12.1 Å². The summed E-state index contributed by atoms with van der Waals surface area (Å²) in [5, 5.41) is 0. The summed E-state index contributed by atoms with van der Waals surface area (Å²) in [6, 6.07) is 9.69. The highest BCUT2D eigenvalue weighted by Crippen LogP contribution is 2.21. The smallest absolute Gasteiger partial charge is 0.221 e. The molecular formula is C15H18N4O2. The van der Waals surface area contributed by atoms with Gasteiger partial charge in [-0.25, -0.2) is 4.98 Å². The molecule has 110 valence electrons. The number of benzene rings is 1. The van der Waals surface area contributed by atoms with Crippen LogP contribution in [0.1, 0.15) is 5.56 Å². The van der Waals surface area contributed by atoms with Crippen LogP contribution in [0, 0.1) is 0 Å². The summed E-state index contributed by atoms with van der Waals surface area (Å²) in [5.74, 6) is 1.93. The number of hydrogen-bond donors (Lipinski definition) is 1. The summed E-state index contributed by atoms with van der Waals surface area (Å²) in [4.78, 5) is 10.6. The fourth-order valence-corrected chi connectivity index (χ4v) is 2.24. The van der Waals surface area contributed by atoms with Crippen molar-refractivity contribution in [2.24, 2.45) is 0 Å². The van der Waals surface area contributed by atoms with Gasteiger partial charge in [0.25, 0.3) is 0 Å². The third-order valence-corrected chi connectivity index (χ3v) is 3.31. The van der Waals surface area contributed by atoms with Gasteiger partial charge in [0.05, 0.1) is 18.8 Å². The monoisotopic (exact) mass is 286 g/mol. The van der Waals surface area contributed by atoms with E-state index in [4.69, 9.17) is 15.2 Å². The van der Waals surface area contributed by atoms with Gasteiger partial charge < -0.3 is 20.1 Å². The molecular weight excluding hydrogens is 268 g/mol. The standard InChI is InChI=1S/C15H18N4O2/c16-15-17-10-12(11-21-13-4-2-1-3-5-13)14(18-15)19-6-8-20-9-7-19/h1-5,10H,6-9,11H2,(H2,16,17,18). The van der Waals surface area contributed by atoms with Crippen molar-refractivity contribution >= 4 is 11.8 Å². The zero-order chi connectivity index (χ0) is 14.5. The lowest BCUT2D eigenvalue weighted by Gasteiger charge is -2.29. The minimum absolute atomic E-state index is 0.278. The fourth-order valence-electron chi connectivity index (χ4n) is 2.24. The van der Waals surface area contributed by atoms with Crippen LogP contribution in [-0.4, -0.2) is 36.3 Å². The van der Waals surface area contributed by atoms with Gasteiger partial charge in [0.15, 0.2) is 0 Å². The first-order chi connectivity index (χ1) is 10.3. The Bertz CT molecular complexity index is 585. The topological polar surface area (TPSA) is 73.5 Å². The van der Waals surface area contributed by atoms with E-state index in [1.807, 2.05) is 30.3 Å². The Kier molecular flexibility index (Phi) is 4.16. The van der Waals surface area contributed by atoms with Gasteiger partial charge >= 0.3 is 0 Å². The van der Waals surface area contributed by atoms with Crippen molar-refractivity contribution in [3.63, 3.8) is 0 Å². The maximum absolute atomic E-state index is 5.78. The van der Waals surface area contributed by atoms with Crippen molar-refractivity contribution < 1.29 is 9.47 Å². The van der Waals surface area contributed by atoms with Crippen LogP contribution in [0.4, 0.5) is 11.8 Å². The quantitative estimate of drug-likeness (QED) is 0.917. The summed E-state index contributed by atoms with van der Waals surface area (Å²) in [6.07, 6.45) is 1.73. The molecule has 0 unspecified atom stereocenters. The minimum atomic E-state index is 0.278. The summed E-state index contributed by atoms with van der Waals surface area (Å²) >= 11 is 0. The Labute approximate surface area is 123 Å². The largest absolute Gasteiger partial charge is 0.489 e. The van der Waals surface area contributed by atoms with E-state index < -0.39 is 0 Å². The second-order valence-corrected chi connectivity index (χ2v) is 4.78. The molecule has 2 heterocycles. The van der Waals surface area contributed by atoms with Crippen LogP contribution in [0.3, 0.4) is 0 Å². The van der Waals surface area contributed by atoms with E-state index in [9.17, 15) is 0 Å². The van der Waals surface area contributed by atoms with Crippen LogP contribution < -0.4 is 15.4 Å². The predicted octanol–water partition coefficient (Wildman–Crippen LogP) is 1.47. The molecule has 6 nitrogen and oxygen atoms in total. The molecule has 6 heteroatoms.